The van der Waals surface area contributed by atoms with Gasteiger partial charge < -0.3 is 0 Å². The van der Waals surface area contributed by atoms with Crippen LogP contribution in [-0.4, -0.2) is 30.7 Å². The Morgan fingerprint density at radius 2 is 2.00 bits per heavy atom. The van der Waals surface area contributed by atoms with Gasteiger partial charge in [-0.1, -0.05) is 0 Å². The standard InChI is InChI=1S/C21H18AsFN3/c1-14-4-6-16(19(23)9-14)11-22-20-7-5-15(12-25-20)10-17-13-26-21-18(17)3-2-8-24-21/h2-9,12-13H,10-11H2,1H3,(H,24,26). The van der Waals surface area contributed by atoms with E-state index >= 15 is 0 Å². The zero-order valence-electron chi connectivity index (χ0n) is 14.4. The quantitative estimate of drug-likeness (QED) is 0.516. The molecular weight excluding hydrogens is 388 g/mol. The Hall–Kier alpha value is -2.45. The van der Waals surface area contributed by atoms with E-state index in [0.717, 1.165) is 38.3 Å². The molecule has 0 aliphatic carbocycles. The van der Waals surface area contributed by atoms with Crippen LogP contribution in [0.3, 0.4) is 0 Å². The molecule has 26 heavy (non-hydrogen) atoms. The number of hydrogen-bond acceptors (Lipinski definition) is 2. The normalized spacial score (nSPS) is 11.6. The fraction of sp³-hybridized carbons (Fsp3) is 0.143. The van der Waals surface area contributed by atoms with Gasteiger partial charge >= 0.3 is 158 Å². The first-order chi connectivity index (χ1) is 12.7. The third kappa shape index (κ3) is 3.71. The number of nitrogens with zero attached hydrogens (tertiary/aromatic N) is 2. The summed E-state index contributed by atoms with van der Waals surface area (Å²) < 4.78 is 15.0. The molecular formula is C21H18AsFN3. The summed E-state index contributed by atoms with van der Waals surface area (Å²) in [7, 11) is 0. The number of rotatable bonds is 5. The number of nitrogens with one attached hydrogen (secondary N) is 1. The van der Waals surface area contributed by atoms with Gasteiger partial charge in [-0.2, -0.15) is 0 Å². The van der Waals surface area contributed by atoms with Crippen LogP contribution in [0.1, 0.15) is 22.3 Å². The van der Waals surface area contributed by atoms with E-state index in [4.69, 9.17) is 0 Å². The number of halogens is 1. The van der Waals surface area contributed by atoms with E-state index in [2.05, 4.69) is 33.2 Å². The first kappa shape index (κ1) is 17.0. The van der Waals surface area contributed by atoms with Crippen LogP contribution >= 0.6 is 0 Å². The summed E-state index contributed by atoms with van der Waals surface area (Å²) in [5.41, 5.74) is 5.04. The zero-order chi connectivity index (χ0) is 17.9. The van der Waals surface area contributed by atoms with Gasteiger partial charge in [-0.25, -0.2) is 0 Å². The van der Waals surface area contributed by atoms with Crippen molar-refractivity contribution in [3.05, 3.63) is 89.1 Å². The number of aromatic nitrogens is 3. The third-order valence-corrected chi connectivity index (χ3v) is 6.64. The predicted molar refractivity (Wildman–Crippen MR) is 103 cm³/mol. The van der Waals surface area contributed by atoms with Crippen LogP contribution < -0.4 is 4.48 Å². The first-order valence-electron chi connectivity index (χ1n) is 8.47. The second-order valence-electron chi connectivity index (χ2n) is 6.33. The monoisotopic (exact) mass is 406 g/mol. The Morgan fingerprint density at radius 1 is 1.08 bits per heavy atom. The summed E-state index contributed by atoms with van der Waals surface area (Å²) in [5, 5.41) is 1.90. The minimum absolute atomic E-state index is 0.107. The third-order valence-electron chi connectivity index (χ3n) is 4.36. The molecule has 4 aromatic rings. The molecule has 3 nitrogen and oxygen atoms in total. The van der Waals surface area contributed by atoms with Gasteiger partial charge in [-0.05, 0) is 0 Å². The summed E-state index contributed by atoms with van der Waals surface area (Å²) >= 11 is -0.180. The molecule has 0 amide bonds. The second kappa shape index (κ2) is 7.43. The van der Waals surface area contributed by atoms with Gasteiger partial charge in [0.1, 0.15) is 0 Å². The van der Waals surface area contributed by atoms with Crippen molar-refractivity contribution in [2.24, 2.45) is 0 Å². The van der Waals surface area contributed by atoms with Crippen LogP contribution in [0, 0.1) is 12.7 Å². The Balaban J connectivity index is 1.43. The van der Waals surface area contributed by atoms with Crippen LogP contribution in [0.4, 0.5) is 4.39 Å². The van der Waals surface area contributed by atoms with E-state index in [-0.39, 0.29) is 21.6 Å². The van der Waals surface area contributed by atoms with Crippen LogP contribution in [0.5, 0.6) is 0 Å². The maximum atomic E-state index is 13.9. The van der Waals surface area contributed by atoms with Crippen molar-refractivity contribution in [3.63, 3.8) is 0 Å². The molecule has 0 fully saturated rings. The molecule has 0 unspecified atom stereocenters. The molecule has 5 heteroatoms. The van der Waals surface area contributed by atoms with Crippen LogP contribution in [-0.2, 0) is 11.6 Å². The molecule has 0 aliphatic heterocycles. The Kier molecular flexibility index (Phi) is 4.85. The average Bonchev–Trinajstić information content (AvgIpc) is 3.05. The van der Waals surface area contributed by atoms with Crippen LogP contribution in [0.25, 0.3) is 11.0 Å². The number of benzene rings is 1. The van der Waals surface area contributed by atoms with Crippen LogP contribution in [0.2, 0.25) is 0 Å². The van der Waals surface area contributed by atoms with E-state index in [9.17, 15) is 4.39 Å². The van der Waals surface area contributed by atoms with E-state index in [1.165, 1.54) is 11.1 Å². The molecule has 0 saturated heterocycles. The number of hydrogen-bond donors (Lipinski definition) is 1. The van der Waals surface area contributed by atoms with Gasteiger partial charge in [-0.3, -0.25) is 0 Å². The van der Waals surface area contributed by atoms with Crippen molar-refractivity contribution in [2.75, 3.05) is 0 Å². The average molecular weight is 406 g/mol. The SMILES string of the molecule is Cc1ccc(C[As]c2ccc(Cc3c[nH]c4ncccc34)cn2)c(F)c1. The Morgan fingerprint density at radius 3 is 2.81 bits per heavy atom. The molecule has 0 spiro atoms. The molecule has 1 aromatic carbocycles. The number of aromatic amines is 1. The van der Waals surface area contributed by atoms with E-state index in [0.29, 0.717) is 0 Å². The van der Waals surface area contributed by atoms with E-state index < -0.39 is 0 Å². The molecule has 0 atom stereocenters. The molecule has 0 bridgehead atoms. The number of pyridine rings is 2. The molecule has 3 heterocycles. The Bertz CT molecular complexity index is 1040. The summed E-state index contributed by atoms with van der Waals surface area (Å²) in [4.78, 5) is 12.1. The predicted octanol–water partition coefficient (Wildman–Crippen LogP) is 3.53. The summed E-state index contributed by atoms with van der Waals surface area (Å²) in [6.07, 6.45) is 6.56. The molecule has 1 radical (unpaired) electrons. The zero-order valence-corrected chi connectivity index (χ0v) is 16.3. The molecule has 0 saturated carbocycles. The van der Waals surface area contributed by atoms with Gasteiger partial charge in [0.2, 0.25) is 0 Å². The molecule has 0 aliphatic rings. The fourth-order valence-electron chi connectivity index (χ4n) is 2.94. The van der Waals surface area contributed by atoms with Gasteiger partial charge in [-0.15, -0.1) is 0 Å². The van der Waals surface area contributed by atoms with Gasteiger partial charge in [0.15, 0.2) is 0 Å². The number of H-pyrrole nitrogens is 1. The van der Waals surface area contributed by atoms with Crippen molar-refractivity contribution >= 4 is 31.3 Å². The first-order valence-corrected chi connectivity index (χ1v) is 10.7. The molecule has 3 aromatic heterocycles. The Labute approximate surface area is 158 Å². The molecule has 129 valence electrons. The van der Waals surface area contributed by atoms with Crippen molar-refractivity contribution in [1.29, 1.82) is 0 Å². The maximum absolute atomic E-state index is 13.9. The van der Waals surface area contributed by atoms with Crippen molar-refractivity contribution in [3.8, 4) is 0 Å². The second-order valence-corrected chi connectivity index (χ2v) is 8.61. The number of fused-ring (bicyclic) bond motifs is 1. The molecule has 1 N–H and O–H groups in total. The summed E-state index contributed by atoms with van der Waals surface area (Å²) in [6.45, 7) is 1.91. The topological polar surface area (TPSA) is 41.6 Å². The van der Waals surface area contributed by atoms with Crippen molar-refractivity contribution in [2.45, 2.75) is 18.6 Å². The minimum atomic E-state index is -0.180. The van der Waals surface area contributed by atoms with Crippen LogP contribution in [0.15, 0.2) is 61.1 Å². The summed E-state index contributed by atoms with van der Waals surface area (Å²) in [5.74, 6) is -0.107. The fourth-order valence-corrected chi connectivity index (χ4v) is 4.85. The van der Waals surface area contributed by atoms with Crippen molar-refractivity contribution in [1.82, 2.24) is 15.0 Å². The molecule has 4 rings (SSSR count). The van der Waals surface area contributed by atoms with E-state index in [1.54, 1.807) is 12.3 Å². The summed E-state index contributed by atoms with van der Waals surface area (Å²) in [6, 6.07) is 13.7. The van der Waals surface area contributed by atoms with Crippen molar-refractivity contribution < 1.29 is 4.39 Å². The van der Waals surface area contributed by atoms with Gasteiger partial charge in [0.05, 0.1) is 0 Å². The number of aryl methyl sites for hydroxylation is 1. The van der Waals surface area contributed by atoms with Gasteiger partial charge in [0.25, 0.3) is 0 Å². The van der Waals surface area contributed by atoms with E-state index in [1.807, 2.05) is 37.5 Å². The van der Waals surface area contributed by atoms with Gasteiger partial charge in [0, 0.05) is 0 Å².